The number of aromatic hydroxyl groups is 1. The minimum absolute atomic E-state index is 0.00443. The maximum absolute atomic E-state index is 11.9. The number of pyridine rings is 1. The second-order valence-electron chi connectivity index (χ2n) is 4.69. The third-order valence-corrected chi connectivity index (χ3v) is 2.85. The first kappa shape index (κ1) is 13.1. The second kappa shape index (κ2) is 5.57. The maximum Gasteiger partial charge on any atom is 0.254 e. The summed E-state index contributed by atoms with van der Waals surface area (Å²) in [6.45, 7) is 3.72. The molecule has 0 amide bonds. The van der Waals surface area contributed by atoms with Crippen molar-refractivity contribution < 1.29 is 5.11 Å². The molecule has 0 bridgehead atoms. The SMILES string of the molecule is CC(C)n1c(O)cc(/C=C/c2ccccc2)cc1=O. The fourth-order valence-corrected chi connectivity index (χ4v) is 1.96. The van der Waals surface area contributed by atoms with Gasteiger partial charge in [-0.25, -0.2) is 0 Å². The monoisotopic (exact) mass is 255 g/mol. The molecule has 1 aromatic heterocycles. The van der Waals surface area contributed by atoms with Crippen LogP contribution in [0.1, 0.15) is 31.0 Å². The summed E-state index contributed by atoms with van der Waals surface area (Å²) in [5.74, 6) is -0.00443. The number of rotatable bonds is 3. The van der Waals surface area contributed by atoms with Crippen molar-refractivity contribution in [3.8, 4) is 5.88 Å². The Kier molecular flexibility index (Phi) is 3.85. The number of hydrogen-bond donors (Lipinski definition) is 1. The van der Waals surface area contributed by atoms with Crippen LogP contribution in [-0.2, 0) is 0 Å². The van der Waals surface area contributed by atoms with Crippen molar-refractivity contribution in [3.05, 3.63) is 63.9 Å². The van der Waals surface area contributed by atoms with E-state index in [1.54, 1.807) is 6.07 Å². The molecular weight excluding hydrogens is 238 g/mol. The highest BCUT2D eigenvalue weighted by Gasteiger charge is 2.07. The zero-order valence-electron chi connectivity index (χ0n) is 11.1. The van der Waals surface area contributed by atoms with Gasteiger partial charge in [0.1, 0.15) is 0 Å². The number of hydrogen-bond acceptors (Lipinski definition) is 2. The minimum atomic E-state index is -0.192. The molecule has 98 valence electrons. The molecule has 0 saturated carbocycles. The molecule has 3 heteroatoms. The van der Waals surface area contributed by atoms with Crippen LogP contribution in [0, 0.1) is 0 Å². The van der Waals surface area contributed by atoms with Gasteiger partial charge in [0.15, 0.2) is 5.88 Å². The van der Waals surface area contributed by atoms with Gasteiger partial charge >= 0.3 is 0 Å². The summed E-state index contributed by atoms with van der Waals surface area (Å²) in [6, 6.07) is 12.9. The number of nitrogens with zero attached hydrogens (tertiary/aromatic N) is 1. The Morgan fingerprint density at radius 3 is 2.26 bits per heavy atom. The van der Waals surface area contributed by atoms with Crippen molar-refractivity contribution in [2.45, 2.75) is 19.9 Å². The number of benzene rings is 1. The molecule has 0 fully saturated rings. The van der Waals surface area contributed by atoms with E-state index in [1.807, 2.05) is 56.3 Å². The summed E-state index contributed by atoms with van der Waals surface area (Å²) >= 11 is 0. The molecular formula is C16H17NO2. The molecule has 0 spiro atoms. The van der Waals surface area contributed by atoms with E-state index in [0.717, 1.165) is 5.56 Å². The molecule has 0 unspecified atom stereocenters. The molecule has 1 heterocycles. The average molecular weight is 255 g/mol. The highest BCUT2D eigenvalue weighted by atomic mass is 16.3. The molecule has 0 saturated heterocycles. The summed E-state index contributed by atoms with van der Waals surface area (Å²) < 4.78 is 1.36. The van der Waals surface area contributed by atoms with E-state index >= 15 is 0 Å². The fraction of sp³-hybridized carbons (Fsp3) is 0.188. The smallest absolute Gasteiger partial charge is 0.254 e. The fourth-order valence-electron chi connectivity index (χ4n) is 1.96. The molecule has 3 nitrogen and oxygen atoms in total. The largest absolute Gasteiger partial charge is 0.494 e. The average Bonchev–Trinajstić information content (AvgIpc) is 2.36. The summed E-state index contributed by atoms with van der Waals surface area (Å²) in [5.41, 5.74) is 1.56. The summed E-state index contributed by atoms with van der Waals surface area (Å²) in [5, 5.41) is 9.87. The van der Waals surface area contributed by atoms with Gasteiger partial charge in [-0.2, -0.15) is 0 Å². The molecule has 0 aliphatic rings. The van der Waals surface area contributed by atoms with Crippen molar-refractivity contribution in [2.75, 3.05) is 0 Å². The molecule has 0 aliphatic heterocycles. The molecule has 0 aliphatic carbocycles. The maximum atomic E-state index is 11.9. The van der Waals surface area contributed by atoms with Crippen LogP contribution in [0.5, 0.6) is 5.88 Å². The quantitative estimate of drug-likeness (QED) is 0.914. The summed E-state index contributed by atoms with van der Waals surface area (Å²) in [6.07, 6.45) is 3.73. The Hall–Kier alpha value is -2.29. The van der Waals surface area contributed by atoms with Crippen molar-refractivity contribution in [3.63, 3.8) is 0 Å². The van der Waals surface area contributed by atoms with Crippen LogP contribution in [-0.4, -0.2) is 9.67 Å². The Balaban J connectivity index is 2.33. The molecule has 19 heavy (non-hydrogen) atoms. The van der Waals surface area contributed by atoms with Crippen LogP contribution < -0.4 is 5.56 Å². The van der Waals surface area contributed by atoms with Crippen LogP contribution in [0.3, 0.4) is 0 Å². The van der Waals surface area contributed by atoms with Crippen LogP contribution >= 0.6 is 0 Å². The predicted molar refractivity (Wildman–Crippen MR) is 78.1 cm³/mol. The molecule has 1 aromatic carbocycles. The lowest BCUT2D eigenvalue weighted by Gasteiger charge is -2.12. The summed E-state index contributed by atoms with van der Waals surface area (Å²) in [7, 11) is 0. The van der Waals surface area contributed by atoms with Crippen molar-refractivity contribution in [2.24, 2.45) is 0 Å². The van der Waals surface area contributed by atoms with E-state index < -0.39 is 0 Å². The van der Waals surface area contributed by atoms with E-state index in [2.05, 4.69) is 0 Å². The van der Waals surface area contributed by atoms with E-state index in [9.17, 15) is 9.90 Å². The van der Waals surface area contributed by atoms with Gasteiger partial charge in [-0.3, -0.25) is 9.36 Å². The predicted octanol–water partition coefficient (Wildman–Crippen LogP) is 3.31. The zero-order valence-corrected chi connectivity index (χ0v) is 11.1. The Morgan fingerprint density at radius 1 is 1.05 bits per heavy atom. The van der Waals surface area contributed by atoms with E-state index in [0.29, 0.717) is 5.56 Å². The van der Waals surface area contributed by atoms with Gasteiger partial charge in [-0.15, -0.1) is 0 Å². The highest BCUT2D eigenvalue weighted by molar-refractivity contribution is 5.69. The lowest BCUT2D eigenvalue weighted by molar-refractivity contribution is 0.388. The highest BCUT2D eigenvalue weighted by Crippen LogP contribution is 2.16. The normalized spacial score (nSPS) is 11.3. The van der Waals surface area contributed by atoms with Crippen LogP contribution in [0.15, 0.2) is 47.3 Å². The Labute approximate surface area is 112 Å². The number of aromatic nitrogens is 1. The first-order chi connectivity index (χ1) is 9.08. The van der Waals surface area contributed by atoms with Crippen LogP contribution in [0.2, 0.25) is 0 Å². The van der Waals surface area contributed by atoms with Crippen LogP contribution in [0.25, 0.3) is 12.2 Å². The van der Waals surface area contributed by atoms with E-state index in [1.165, 1.54) is 10.6 Å². The van der Waals surface area contributed by atoms with Gasteiger partial charge in [0.05, 0.1) is 0 Å². The standard InChI is InChI=1S/C16H17NO2/c1-12(2)17-15(18)10-14(11-16(17)19)9-8-13-6-4-3-5-7-13/h3-12,18H,1-2H3/b9-8+. The van der Waals surface area contributed by atoms with Gasteiger partial charge in [-0.05, 0) is 25.0 Å². The van der Waals surface area contributed by atoms with Crippen molar-refractivity contribution >= 4 is 12.2 Å². The molecule has 0 radical (unpaired) electrons. The van der Waals surface area contributed by atoms with Gasteiger partial charge in [0.25, 0.3) is 5.56 Å². The first-order valence-electron chi connectivity index (χ1n) is 6.26. The topological polar surface area (TPSA) is 42.2 Å². The van der Waals surface area contributed by atoms with Crippen molar-refractivity contribution in [1.29, 1.82) is 0 Å². The lowest BCUT2D eigenvalue weighted by atomic mass is 10.1. The van der Waals surface area contributed by atoms with E-state index in [-0.39, 0.29) is 17.5 Å². The molecule has 1 N–H and O–H groups in total. The second-order valence-corrected chi connectivity index (χ2v) is 4.69. The van der Waals surface area contributed by atoms with Crippen molar-refractivity contribution in [1.82, 2.24) is 4.57 Å². The van der Waals surface area contributed by atoms with Gasteiger partial charge in [0.2, 0.25) is 0 Å². The Morgan fingerprint density at radius 2 is 1.68 bits per heavy atom. The van der Waals surface area contributed by atoms with E-state index in [4.69, 9.17) is 0 Å². The summed E-state index contributed by atoms with van der Waals surface area (Å²) in [4.78, 5) is 11.9. The first-order valence-corrected chi connectivity index (χ1v) is 6.26. The molecule has 2 rings (SSSR count). The molecule has 0 atom stereocenters. The minimum Gasteiger partial charge on any atom is -0.494 e. The van der Waals surface area contributed by atoms with Crippen LogP contribution in [0.4, 0.5) is 0 Å². The van der Waals surface area contributed by atoms with Gasteiger partial charge < -0.3 is 5.11 Å². The third-order valence-electron chi connectivity index (χ3n) is 2.85. The zero-order chi connectivity index (χ0) is 13.8. The molecule has 2 aromatic rings. The van der Waals surface area contributed by atoms with Gasteiger partial charge in [-0.1, -0.05) is 42.5 Å². The lowest BCUT2D eigenvalue weighted by Crippen LogP contribution is -2.20. The Bertz CT molecular complexity index is 640. The third kappa shape index (κ3) is 3.13. The van der Waals surface area contributed by atoms with Gasteiger partial charge in [0, 0.05) is 18.2 Å².